The van der Waals surface area contributed by atoms with E-state index in [9.17, 15) is 9.90 Å². The summed E-state index contributed by atoms with van der Waals surface area (Å²) in [5.41, 5.74) is 0.883. The lowest BCUT2D eigenvalue weighted by Crippen LogP contribution is -2.53. The van der Waals surface area contributed by atoms with Crippen LogP contribution in [0.5, 0.6) is 0 Å². The van der Waals surface area contributed by atoms with E-state index in [1.54, 1.807) is 0 Å². The molecule has 0 bridgehead atoms. The predicted octanol–water partition coefficient (Wildman–Crippen LogP) is 2.71. The van der Waals surface area contributed by atoms with Crippen molar-refractivity contribution in [3.05, 3.63) is 35.9 Å². The lowest BCUT2D eigenvalue weighted by atomic mass is 10.0. The number of hydrogen-bond acceptors (Lipinski definition) is 3. The fourth-order valence-corrected chi connectivity index (χ4v) is 3.54. The van der Waals surface area contributed by atoms with Gasteiger partial charge in [0.15, 0.2) is 0 Å². The molecule has 4 unspecified atom stereocenters. The summed E-state index contributed by atoms with van der Waals surface area (Å²) in [4.78, 5) is 14.4. The second kappa shape index (κ2) is 7.99. The first-order valence-electron chi connectivity index (χ1n) is 9.07. The molecule has 0 spiro atoms. The molecule has 5 nitrogen and oxygen atoms in total. The molecule has 1 aromatic rings. The fraction of sp³-hybridized carbons (Fsp3) is 0.632. The van der Waals surface area contributed by atoms with Crippen molar-refractivity contribution in [2.45, 2.75) is 50.8 Å². The van der Waals surface area contributed by atoms with Crippen molar-refractivity contribution in [2.24, 2.45) is 5.92 Å². The van der Waals surface area contributed by atoms with E-state index in [1.165, 1.54) is 12.8 Å². The summed E-state index contributed by atoms with van der Waals surface area (Å²) < 4.78 is 5.55. The SMILES string of the molecule is CCCC1CC1NC(=O)N1CCOCC1CC(O)c1ccccc1. The summed E-state index contributed by atoms with van der Waals surface area (Å²) in [6.07, 6.45) is 3.37. The minimum absolute atomic E-state index is 0.00725. The molecule has 2 fully saturated rings. The molecule has 1 aliphatic carbocycles. The van der Waals surface area contributed by atoms with Crippen molar-refractivity contribution in [3.8, 4) is 0 Å². The van der Waals surface area contributed by atoms with Gasteiger partial charge in [0.1, 0.15) is 0 Å². The standard InChI is InChI=1S/C19H28N2O3/c1-2-6-15-11-17(15)20-19(23)21-9-10-24-13-16(21)12-18(22)14-7-4-3-5-8-14/h3-5,7-8,15-18,22H,2,6,9-13H2,1H3,(H,20,23). The largest absolute Gasteiger partial charge is 0.388 e. The minimum Gasteiger partial charge on any atom is -0.388 e. The number of aliphatic hydroxyl groups excluding tert-OH is 1. The lowest BCUT2D eigenvalue weighted by Gasteiger charge is -2.36. The van der Waals surface area contributed by atoms with Crippen molar-refractivity contribution in [1.29, 1.82) is 0 Å². The van der Waals surface area contributed by atoms with Crippen molar-refractivity contribution < 1.29 is 14.6 Å². The van der Waals surface area contributed by atoms with E-state index in [-0.39, 0.29) is 12.1 Å². The van der Waals surface area contributed by atoms with Gasteiger partial charge in [0.2, 0.25) is 0 Å². The highest BCUT2D eigenvalue weighted by atomic mass is 16.5. The van der Waals surface area contributed by atoms with Gasteiger partial charge in [-0.2, -0.15) is 0 Å². The van der Waals surface area contributed by atoms with Crippen LogP contribution in [0.2, 0.25) is 0 Å². The van der Waals surface area contributed by atoms with Gasteiger partial charge in [-0.1, -0.05) is 43.7 Å². The lowest BCUT2D eigenvalue weighted by molar-refractivity contribution is -0.00704. The van der Waals surface area contributed by atoms with Crippen LogP contribution in [0, 0.1) is 5.92 Å². The Morgan fingerprint density at radius 1 is 1.42 bits per heavy atom. The zero-order valence-corrected chi connectivity index (χ0v) is 14.4. The minimum atomic E-state index is -0.582. The Morgan fingerprint density at radius 3 is 2.96 bits per heavy atom. The maximum atomic E-state index is 12.6. The average Bonchev–Trinajstić information content (AvgIpc) is 3.34. The quantitative estimate of drug-likeness (QED) is 0.842. The van der Waals surface area contributed by atoms with Crippen LogP contribution < -0.4 is 5.32 Å². The Morgan fingerprint density at radius 2 is 2.21 bits per heavy atom. The molecule has 4 atom stereocenters. The van der Waals surface area contributed by atoms with Gasteiger partial charge in [-0.25, -0.2) is 4.79 Å². The molecule has 1 aliphatic heterocycles. The number of ether oxygens (including phenoxy) is 1. The van der Waals surface area contributed by atoms with E-state index in [2.05, 4.69) is 12.2 Å². The molecular weight excluding hydrogens is 304 g/mol. The Kier molecular flexibility index (Phi) is 5.74. The van der Waals surface area contributed by atoms with Crippen LogP contribution in [0.1, 0.15) is 44.3 Å². The van der Waals surface area contributed by atoms with Gasteiger partial charge >= 0.3 is 6.03 Å². The van der Waals surface area contributed by atoms with Crippen molar-refractivity contribution in [1.82, 2.24) is 10.2 Å². The van der Waals surface area contributed by atoms with Crippen LogP contribution in [0.25, 0.3) is 0 Å². The number of amides is 2. The molecule has 24 heavy (non-hydrogen) atoms. The Balaban J connectivity index is 1.56. The van der Waals surface area contributed by atoms with E-state index < -0.39 is 6.10 Å². The number of nitrogens with zero attached hydrogens (tertiary/aromatic N) is 1. The summed E-state index contributed by atoms with van der Waals surface area (Å²) in [7, 11) is 0. The van der Waals surface area contributed by atoms with Gasteiger partial charge in [-0.3, -0.25) is 0 Å². The molecule has 2 aliphatic rings. The van der Waals surface area contributed by atoms with Crippen LogP contribution in [-0.4, -0.2) is 47.9 Å². The maximum absolute atomic E-state index is 12.6. The number of carbonyl (C=O) groups is 1. The number of urea groups is 1. The van der Waals surface area contributed by atoms with E-state index in [0.29, 0.717) is 38.1 Å². The molecule has 2 N–H and O–H groups in total. The van der Waals surface area contributed by atoms with Gasteiger partial charge in [0.05, 0.1) is 25.4 Å². The number of hydrogen-bond donors (Lipinski definition) is 2. The molecule has 132 valence electrons. The van der Waals surface area contributed by atoms with Crippen LogP contribution >= 0.6 is 0 Å². The molecule has 2 amide bonds. The van der Waals surface area contributed by atoms with E-state index in [1.807, 2.05) is 35.2 Å². The Bertz CT molecular complexity index is 537. The normalized spacial score (nSPS) is 27.6. The van der Waals surface area contributed by atoms with E-state index in [0.717, 1.165) is 12.0 Å². The van der Waals surface area contributed by atoms with E-state index in [4.69, 9.17) is 4.74 Å². The topological polar surface area (TPSA) is 61.8 Å². The molecular formula is C19H28N2O3. The summed E-state index contributed by atoms with van der Waals surface area (Å²) >= 11 is 0. The van der Waals surface area contributed by atoms with Crippen LogP contribution in [-0.2, 0) is 4.74 Å². The first-order valence-corrected chi connectivity index (χ1v) is 9.07. The number of carbonyl (C=O) groups excluding carboxylic acids is 1. The zero-order chi connectivity index (χ0) is 16.9. The molecule has 1 saturated carbocycles. The molecule has 1 saturated heterocycles. The third-order valence-corrected chi connectivity index (χ3v) is 5.06. The number of aliphatic hydroxyl groups is 1. The molecule has 0 radical (unpaired) electrons. The first-order chi connectivity index (χ1) is 11.7. The Hall–Kier alpha value is -1.59. The summed E-state index contributed by atoms with van der Waals surface area (Å²) in [6, 6.07) is 9.84. The highest BCUT2D eigenvalue weighted by Gasteiger charge is 2.39. The fourth-order valence-electron chi connectivity index (χ4n) is 3.54. The number of morpholine rings is 1. The van der Waals surface area contributed by atoms with Crippen molar-refractivity contribution in [2.75, 3.05) is 19.8 Å². The summed E-state index contributed by atoms with van der Waals surface area (Å²) in [5, 5.41) is 13.6. The van der Waals surface area contributed by atoms with Gasteiger partial charge < -0.3 is 20.1 Å². The maximum Gasteiger partial charge on any atom is 0.318 e. The van der Waals surface area contributed by atoms with Gasteiger partial charge in [0, 0.05) is 19.0 Å². The third-order valence-electron chi connectivity index (χ3n) is 5.06. The van der Waals surface area contributed by atoms with Crippen LogP contribution in [0.4, 0.5) is 4.79 Å². The van der Waals surface area contributed by atoms with Gasteiger partial charge in [-0.05, 0) is 24.3 Å². The first kappa shape index (κ1) is 17.2. The molecule has 1 heterocycles. The van der Waals surface area contributed by atoms with E-state index >= 15 is 0 Å². The number of benzene rings is 1. The second-order valence-electron chi connectivity index (χ2n) is 6.92. The smallest absolute Gasteiger partial charge is 0.318 e. The molecule has 3 rings (SSSR count). The van der Waals surface area contributed by atoms with Crippen molar-refractivity contribution >= 4 is 6.03 Å². The van der Waals surface area contributed by atoms with Gasteiger partial charge in [-0.15, -0.1) is 0 Å². The van der Waals surface area contributed by atoms with Crippen LogP contribution in [0.3, 0.4) is 0 Å². The van der Waals surface area contributed by atoms with Gasteiger partial charge in [0.25, 0.3) is 0 Å². The average molecular weight is 332 g/mol. The third kappa shape index (κ3) is 4.28. The monoisotopic (exact) mass is 332 g/mol. The van der Waals surface area contributed by atoms with Crippen LogP contribution in [0.15, 0.2) is 30.3 Å². The summed E-state index contributed by atoms with van der Waals surface area (Å²) in [5.74, 6) is 0.647. The zero-order valence-electron chi connectivity index (χ0n) is 14.4. The molecule has 1 aromatic carbocycles. The molecule has 0 aromatic heterocycles. The predicted molar refractivity (Wildman–Crippen MR) is 92.7 cm³/mol. The summed E-state index contributed by atoms with van der Waals surface area (Å²) in [6.45, 7) is 3.82. The number of rotatable bonds is 6. The number of nitrogens with one attached hydrogen (secondary N) is 1. The molecule has 5 heteroatoms. The van der Waals surface area contributed by atoms with Crippen molar-refractivity contribution in [3.63, 3.8) is 0 Å². The Labute approximate surface area is 144 Å². The highest BCUT2D eigenvalue weighted by molar-refractivity contribution is 5.75. The second-order valence-corrected chi connectivity index (χ2v) is 6.92. The highest BCUT2D eigenvalue weighted by Crippen LogP contribution is 2.35.